The summed E-state index contributed by atoms with van der Waals surface area (Å²) in [6.45, 7) is 5.02. The van der Waals surface area contributed by atoms with Gasteiger partial charge in [-0.3, -0.25) is 0 Å². The minimum absolute atomic E-state index is 0.183. The maximum atomic E-state index is 5.65. The summed E-state index contributed by atoms with van der Waals surface area (Å²) < 4.78 is 5.36. The molecule has 3 aromatic heterocycles. The summed E-state index contributed by atoms with van der Waals surface area (Å²) in [6, 6.07) is 6.52. The molecule has 4 aromatic rings. The van der Waals surface area contributed by atoms with E-state index in [1.165, 1.54) is 0 Å². The van der Waals surface area contributed by atoms with Crippen LogP contribution in [0.4, 0.5) is 11.8 Å². The van der Waals surface area contributed by atoms with Gasteiger partial charge in [0.25, 0.3) is 6.01 Å². The smallest absolute Gasteiger partial charge is 0.292 e. The van der Waals surface area contributed by atoms with Crippen LogP contribution in [0.3, 0.4) is 0 Å². The molecule has 1 aliphatic rings. The summed E-state index contributed by atoms with van der Waals surface area (Å²) in [5.41, 5.74) is 10.1. The highest BCUT2D eigenvalue weighted by atomic mass is 32.1. The first-order valence-corrected chi connectivity index (χ1v) is 9.44. The Kier molecular flexibility index (Phi) is 3.54. The zero-order valence-corrected chi connectivity index (χ0v) is 15.1. The van der Waals surface area contributed by atoms with E-state index in [0.717, 1.165) is 52.4 Å². The van der Waals surface area contributed by atoms with Crippen molar-refractivity contribution < 1.29 is 4.42 Å². The zero-order valence-electron chi connectivity index (χ0n) is 14.3. The van der Waals surface area contributed by atoms with E-state index in [1.54, 1.807) is 11.3 Å². The van der Waals surface area contributed by atoms with E-state index >= 15 is 0 Å². The van der Waals surface area contributed by atoms with E-state index < -0.39 is 0 Å². The van der Waals surface area contributed by atoms with Crippen molar-refractivity contribution in [2.45, 2.75) is 13.0 Å². The van der Waals surface area contributed by atoms with Gasteiger partial charge in [-0.05, 0) is 24.6 Å². The van der Waals surface area contributed by atoms with Gasteiger partial charge < -0.3 is 20.4 Å². The highest BCUT2D eigenvalue weighted by Crippen LogP contribution is 2.34. The molecule has 1 saturated heterocycles. The Labute approximate surface area is 153 Å². The number of thiophene rings is 1. The molecule has 8 heteroatoms. The molecule has 0 radical (unpaired) electrons. The van der Waals surface area contributed by atoms with Gasteiger partial charge in [-0.25, -0.2) is 9.97 Å². The molecule has 4 heterocycles. The first-order valence-electron chi connectivity index (χ1n) is 8.56. The fraction of sp³-hybridized carbons (Fsp3) is 0.278. The summed E-state index contributed by atoms with van der Waals surface area (Å²) >= 11 is 1.60. The molecule has 7 nitrogen and oxygen atoms in total. The van der Waals surface area contributed by atoms with Crippen molar-refractivity contribution >= 4 is 44.6 Å². The van der Waals surface area contributed by atoms with Gasteiger partial charge in [0.15, 0.2) is 5.58 Å². The fourth-order valence-corrected chi connectivity index (χ4v) is 4.27. The van der Waals surface area contributed by atoms with Gasteiger partial charge in [-0.2, -0.15) is 4.98 Å². The summed E-state index contributed by atoms with van der Waals surface area (Å²) in [5.74, 6) is 0.928. The number of fused-ring (bicyclic) bond motifs is 2. The number of nitrogens with one attached hydrogen (secondary N) is 1. The number of oxazole rings is 1. The number of aromatic nitrogens is 3. The first-order chi connectivity index (χ1) is 12.7. The van der Waals surface area contributed by atoms with Crippen molar-refractivity contribution in [3.63, 3.8) is 0 Å². The number of hydrogen-bond acceptors (Lipinski definition) is 8. The minimum Gasteiger partial charge on any atom is -0.424 e. The van der Waals surface area contributed by atoms with Gasteiger partial charge in [0, 0.05) is 36.6 Å². The van der Waals surface area contributed by atoms with Gasteiger partial charge in [-0.15, -0.1) is 11.3 Å². The number of piperazine rings is 1. The Bertz CT molecular complexity index is 1100. The Balaban J connectivity index is 1.59. The number of nitrogen functional groups attached to an aromatic ring is 1. The third kappa shape index (κ3) is 2.58. The van der Waals surface area contributed by atoms with Gasteiger partial charge >= 0.3 is 0 Å². The van der Waals surface area contributed by atoms with Crippen molar-refractivity contribution in [1.29, 1.82) is 0 Å². The molecular formula is C18H18N6OS. The van der Waals surface area contributed by atoms with E-state index in [2.05, 4.69) is 32.5 Å². The average Bonchev–Trinajstić information content (AvgIpc) is 3.22. The lowest BCUT2D eigenvalue weighted by Gasteiger charge is -2.32. The second-order valence-corrected chi connectivity index (χ2v) is 7.43. The summed E-state index contributed by atoms with van der Waals surface area (Å²) in [4.78, 5) is 17.0. The fourth-order valence-electron chi connectivity index (χ4n) is 3.41. The molecule has 5 rings (SSSR count). The van der Waals surface area contributed by atoms with E-state index in [1.807, 2.05) is 24.4 Å². The molecule has 26 heavy (non-hydrogen) atoms. The van der Waals surface area contributed by atoms with Gasteiger partial charge in [0.1, 0.15) is 21.7 Å². The summed E-state index contributed by atoms with van der Waals surface area (Å²) in [6.07, 6.45) is 1.88. The molecule has 0 bridgehead atoms. The highest BCUT2D eigenvalue weighted by Gasteiger charge is 2.19. The second-order valence-electron chi connectivity index (χ2n) is 6.57. The van der Waals surface area contributed by atoms with Crippen LogP contribution in [0.1, 0.15) is 6.92 Å². The number of anilines is 2. The molecule has 1 atom stereocenters. The lowest BCUT2D eigenvalue weighted by Crippen LogP contribution is -2.49. The molecule has 1 aromatic carbocycles. The van der Waals surface area contributed by atoms with E-state index in [-0.39, 0.29) is 6.01 Å². The van der Waals surface area contributed by atoms with Crippen LogP contribution < -0.4 is 16.0 Å². The third-order valence-corrected chi connectivity index (χ3v) is 5.55. The molecule has 0 unspecified atom stereocenters. The SMILES string of the molecule is C[C@H]1CN(c2cnc3scc(-c4ccc5oc(N)nc5c4)c3n2)CCN1. The maximum absolute atomic E-state index is 5.65. The maximum Gasteiger partial charge on any atom is 0.292 e. The lowest BCUT2D eigenvalue weighted by molar-refractivity contribution is 0.482. The summed E-state index contributed by atoms with van der Waals surface area (Å²) in [7, 11) is 0. The van der Waals surface area contributed by atoms with Gasteiger partial charge in [0.05, 0.1) is 6.20 Å². The monoisotopic (exact) mass is 366 g/mol. The number of benzene rings is 1. The van der Waals surface area contributed by atoms with Crippen molar-refractivity contribution in [2.75, 3.05) is 30.3 Å². The predicted octanol–water partition coefficient (Wildman–Crippen LogP) is 2.88. The Morgan fingerprint density at radius 3 is 3.15 bits per heavy atom. The van der Waals surface area contributed by atoms with Crippen LogP contribution in [0.5, 0.6) is 0 Å². The molecule has 132 valence electrons. The van der Waals surface area contributed by atoms with Crippen molar-refractivity contribution in [1.82, 2.24) is 20.3 Å². The average molecular weight is 366 g/mol. The number of nitrogens with zero attached hydrogens (tertiary/aromatic N) is 4. The number of hydrogen-bond donors (Lipinski definition) is 2. The summed E-state index contributed by atoms with van der Waals surface area (Å²) in [5, 5.41) is 5.55. The van der Waals surface area contributed by atoms with Crippen LogP contribution in [-0.4, -0.2) is 40.6 Å². The first kappa shape index (κ1) is 15.5. The predicted molar refractivity (Wildman–Crippen MR) is 105 cm³/mol. The quantitative estimate of drug-likeness (QED) is 0.563. The van der Waals surface area contributed by atoms with Crippen molar-refractivity contribution in [3.05, 3.63) is 29.8 Å². The largest absolute Gasteiger partial charge is 0.424 e. The molecule has 3 N–H and O–H groups in total. The van der Waals surface area contributed by atoms with Crippen molar-refractivity contribution in [3.8, 4) is 11.1 Å². The molecule has 0 spiro atoms. The van der Waals surface area contributed by atoms with Crippen molar-refractivity contribution in [2.24, 2.45) is 0 Å². The van der Waals surface area contributed by atoms with Crippen LogP contribution in [0.2, 0.25) is 0 Å². The number of rotatable bonds is 2. The molecule has 1 aliphatic heterocycles. The second kappa shape index (κ2) is 5.93. The Hall–Kier alpha value is -2.71. The molecule has 1 fully saturated rings. The third-order valence-electron chi connectivity index (χ3n) is 4.68. The van der Waals surface area contributed by atoms with Crippen LogP contribution in [0, 0.1) is 0 Å². The van der Waals surface area contributed by atoms with E-state index in [9.17, 15) is 0 Å². The van der Waals surface area contributed by atoms with E-state index in [4.69, 9.17) is 15.1 Å². The highest BCUT2D eigenvalue weighted by molar-refractivity contribution is 7.17. The molecule has 0 saturated carbocycles. The van der Waals surface area contributed by atoms with Gasteiger partial charge in [-0.1, -0.05) is 6.07 Å². The Morgan fingerprint density at radius 1 is 1.35 bits per heavy atom. The van der Waals surface area contributed by atoms with Gasteiger partial charge in [0.2, 0.25) is 0 Å². The van der Waals surface area contributed by atoms with E-state index in [0.29, 0.717) is 11.6 Å². The molecular weight excluding hydrogens is 348 g/mol. The van der Waals surface area contributed by atoms with Crippen LogP contribution in [0.15, 0.2) is 34.2 Å². The Morgan fingerprint density at radius 2 is 2.27 bits per heavy atom. The van der Waals surface area contributed by atoms with Crippen LogP contribution in [-0.2, 0) is 0 Å². The lowest BCUT2D eigenvalue weighted by atomic mass is 10.1. The topological polar surface area (TPSA) is 93.1 Å². The zero-order chi connectivity index (χ0) is 17.7. The standard InChI is InChI=1S/C18H18N6OS/c1-10-8-24(5-4-20-10)15-7-21-17-16(23-15)12(9-26-17)11-2-3-14-13(6-11)22-18(19)25-14/h2-3,6-7,9-10,20H,4-5,8H2,1H3,(H2,19,22)/t10-/m0/s1. The minimum atomic E-state index is 0.183. The number of nitrogens with two attached hydrogens (primary N) is 1. The molecule has 0 amide bonds. The van der Waals surface area contributed by atoms with Crippen LogP contribution >= 0.6 is 11.3 Å². The van der Waals surface area contributed by atoms with Crippen LogP contribution in [0.25, 0.3) is 32.6 Å². The normalized spacial score (nSPS) is 18.0. The molecule has 0 aliphatic carbocycles.